The van der Waals surface area contributed by atoms with Crippen LogP contribution in [0.5, 0.6) is 11.5 Å². The molecule has 0 bridgehead atoms. The lowest BCUT2D eigenvalue weighted by atomic mass is 10.1. The van der Waals surface area contributed by atoms with Crippen LogP contribution in [0.2, 0.25) is 0 Å². The van der Waals surface area contributed by atoms with Gasteiger partial charge in [0.25, 0.3) is 5.91 Å². The largest absolute Gasteiger partial charge is 0.497 e. The minimum absolute atomic E-state index is 0.0741. The van der Waals surface area contributed by atoms with E-state index in [1.165, 1.54) is 4.31 Å². The van der Waals surface area contributed by atoms with Gasteiger partial charge in [-0.2, -0.15) is 4.31 Å². The number of para-hydroxylation sites is 1. The highest BCUT2D eigenvalue weighted by atomic mass is 32.2. The van der Waals surface area contributed by atoms with Gasteiger partial charge in [-0.25, -0.2) is 8.42 Å². The Morgan fingerprint density at radius 3 is 2.48 bits per heavy atom. The van der Waals surface area contributed by atoms with Crippen molar-refractivity contribution in [2.24, 2.45) is 0 Å². The molecule has 2 aliphatic heterocycles. The Labute approximate surface area is 170 Å². The van der Waals surface area contributed by atoms with Gasteiger partial charge in [0.05, 0.1) is 13.2 Å². The predicted octanol–water partition coefficient (Wildman–Crippen LogP) is 2.38. The summed E-state index contributed by atoms with van der Waals surface area (Å²) < 4.78 is 38.8. The number of hydrogen-bond acceptors (Lipinski definition) is 5. The summed E-state index contributed by atoms with van der Waals surface area (Å²) in [4.78, 5) is 14.9. The van der Waals surface area contributed by atoms with Crippen molar-refractivity contribution in [2.75, 3.05) is 27.2 Å². The molecule has 2 atom stereocenters. The molecule has 29 heavy (non-hydrogen) atoms. The molecule has 1 saturated heterocycles. The van der Waals surface area contributed by atoms with Crippen molar-refractivity contribution >= 4 is 15.9 Å². The number of hydrogen-bond donors (Lipinski definition) is 0. The van der Waals surface area contributed by atoms with Crippen LogP contribution in [0.1, 0.15) is 23.2 Å². The fraction of sp³-hybridized carbons (Fsp3) is 0.381. The molecule has 1 fully saturated rings. The Balaban J connectivity index is 1.57. The minimum atomic E-state index is -3.65. The van der Waals surface area contributed by atoms with E-state index in [9.17, 15) is 13.2 Å². The van der Waals surface area contributed by atoms with Crippen LogP contribution in [-0.2, 0) is 10.0 Å². The fourth-order valence-corrected chi connectivity index (χ4v) is 5.52. The van der Waals surface area contributed by atoms with E-state index in [4.69, 9.17) is 9.47 Å². The first-order chi connectivity index (χ1) is 13.9. The minimum Gasteiger partial charge on any atom is -0.497 e. The van der Waals surface area contributed by atoms with Crippen molar-refractivity contribution < 1.29 is 22.7 Å². The van der Waals surface area contributed by atoms with Gasteiger partial charge in [-0.3, -0.25) is 4.79 Å². The summed E-state index contributed by atoms with van der Waals surface area (Å²) in [5.41, 5.74) is 0.583. The Morgan fingerprint density at radius 1 is 1.07 bits per heavy atom. The zero-order valence-corrected chi connectivity index (χ0v) is 17.3. The molecule has 0 spiro atoms. The van der Waals surface area contributed by atoms with Gasteiger partial charge >= 0.3 is 0 Å². The van der Waals surface area contributed by atoms with E-state index in [1.54, 1.807) is 67.6 Å². The van der Waals surface area contributed by atoms with Crippen molar-refractivity contribution in [3.05, 3.63) is 54.1 Å². The Bertz CT molecular complexity index is 1010. The molecule has 0 unspecified atom stereocenters. The van der Waals surface area contributed by atoms with E-state index >= 15 is 0 Å². The van der Waals surface area contributed by atoms with Gasteiger partial charge in [0.1, 0.15) is 22.5 Å². The van der Waals surface area contributed by atoms with E-state index in [2.05, 4.69) is 0 Å². The van der Waals surface area contributed by atoms with Crippen molar-refractivity contribution in [1.29, 1.82) is 0 Å². The molecule has 154 valence electrons. The molecule has 8 heteroatoms. The molecule has 7 nitrogen and oxygen atoms in total. The van der Waals surface area contributed by atoms with E-state index < -0.39 is 10.0 Å². The topological polar surface area (TPSA) is 76.1 Å². The smallest absolute Gasteiger partial charge is 0.253 e. The molecule has 2 aromatic carbocycles. The van der Waals surface area contributed by atoms with Crippen LogP contribution in [-0.4, -0.2) is 62.9 Å². The second-order valence-electron chi connectivity index (χ2n) is 7.29. The lowest BCUT2D eigenvalue weighted by Gasteiger charge is -2.28. The Morgan fingerprint density at radius 2 is 1.76 bits per heavy atom. The standard InChI is InChI=1S/C21H24N2O5S/c1-22-17-11-13-23(21(24)15-7-9-16(27-2)10-8-15)14-12-18(17)28-19-5-3-4-6-20(19)29(22,25)26/h3-10,17-18H,11-14H2,1-2H3/t17-,18-/m0/s1. The summed E-state index contributed by atoms with van der Waals surface area (Å²) in [6.07, 6.45) is 0.754. The average Bonchev–Trinajstić information content (AvgIpc) is 2.99. The summed E-state index contributed by atoms with van der Waals surface area (Å²) in [6, 6.07) is 13.4. The third-order valence-electron chi connectivity index (χ3n) is 5.68. The summed E-state index contributed by atoms with van der Waals surface area (Å²) in [5.74, 6) is 0.996. The SMILES string of the molecule is COc1ccc(C(=O)N2CC[C@@H]3Oc4ccccc4S(=O)(=O)N(C)[C@H]3CC2)cc1. The van der Waals surface area contributed by atoms with Crippen LogP contribution in [0, 0.1) is 0 Å². The number of fused-ring (bicyclic) bond motifs is 2. The van der Waals surface area contributed by atoms with E-state index in [0.717, 1.165) is 0 Å². The van der Waals surface area contributed by atoms with Crippen LogP contribution in [0.15, 0.2) is 53.4 Å². The molecule has 4 rings (SSSR count). The Hall–Kier alpha value is -2.58. The Kier molecular flexibility index (Phi) is 5.23. The maximum Gasteiger partial charge on any atom is 0.253 e. The highest BCUT2D eigenvalue weighted by molar-refractivity contribution is 7.89. The lowest BCUT2D eigenvalue weighted by Crippen LogP contribution is -2.44. The fourth-order valence-electron chi connectivity index (χ4n) is 3.99. The first kappa shape index (κ1) is 19.7. The highest BCUT2D eigenvalue weighted by Crippen LogP contribution is 2.35. The number of rotatable bonds is 2. The highest BCUT2D eigenvalue weighted by Gasteiger charge is 2.41. The van der Waals surface area contributed by atoms with Gasteiger partial charge in [-0.1, -0.05) is 12.1 Å². The number of likely N-dealkylation sites (N-methyl/N-ethyl adjacent to an activating group) is 1. The number of nitrogens with zero attached hydrogens (tertiary/aromatic N) is 2. The molecule has 0 radical (unpaired) electrons. The van der Waals surface area contributed by atoms with Gasteiger partial charge in [0.15, 0.2) is 0 Å². The van der Waals surface area contributed by atoms with Crippen molar-refractivity contribution in [1.82, 2.24) is 9.21 Å². The van der Waals surface area contributed by atoms with Crippen LogP contribution < -0.4 is 9.47 Å². The van der Waals surface area contributed by atoms with Crippen LogP contribution in [0.4, 0.5) is 0 Å². The number of methoxy groups -OCH3 is 1. The number of sulfonamides is 1. The third-order valence-corrected chi connectivity index (χ3v) is 7.61. The predicted molar refractivity (Wildman–Crippen MR) is 108 cm³/mol. The molecule has 2 aliphatic rings. The zero-order chi connectivity index (χ0) is 20.6. The van der Waals surface area contributed by atoms with Crippen LogP contribution >= 0.6 is 0 Å². The number of likely N-dealkylation sites (tertiary alicyclic amines) is 1. The summed E-state index contributed by atoms with van der Waals surface area (Å²) in [7, 11) is -0.472. The molecule has 2 heterocycles. The second kappa shape index (κ2) is 7.68. The number of carbonyl (C=O) groups is 1. The van der Waals surface area contributed by atoms with Crippen LogP contribution in [0.25, 0.3) is 0 Å². The molecule has 0 saturated carbocycles. The third kappa shape index (κ3) is 3.58. The first-order valence-electron chi connectivity index (χ1n) is 9.59. The van der Waals surface area contributed by atoms with Gasteiger partial charge < -0.3 is 14.4 Å². The first-order valence-corrected chi connectivity index (χ1v) is 11.0. The van der Waals surface area contributed by atoms with E-state index in [0.29, 0.717) is 43.0 Å². The quantitative estimate of drug-likeness (QED) is 0.751. The maximum absolute atomic E-state index is 13.0. The van der Waals surface area contributed by atoms with Crippen molar-refractivity contribution in [3.8, 4) is 11.5 Å². The molecule has 0 aromatic heterocycles. The molecular weight excluding hydrogens is 392 g/mol. The van der Waals surface area contributed by atoms with Gasteiger partial charge in [0, 0.05) is 32.1 Å². The molecular formula is C21H24N2O5S. The second-order valence-corrected chi connectivity index (χ2v) is 9.26. The normalized spacial score (nSPS) is 23.7. The summed E-state index contributed by atoms with van der Waals surface area (Å²) in [6.45, 7) is 0.966. The van der Waals surface area contributed by atoms with Crippen LogP contribution in [0.3, 0.4) is 0 Å². The van der Waals surface area contributed by atoms with E-state index in [1.807, 2.05) is 0 Å². The van der Waals surface area contributed by atoms with Crippen molar-refractivity contribution in [3.63, 3.8) is 0 Å². The number of benzene rings is 2. The number of amides is 1. The molecule has 1 amide bonds. The van der Waals surface area contributed by atoms with Gasteiger partial charge in [-0.15, -0.1) is 0 Å². The van der Waals surface area contributed by atoms with E-state index in [-0.39, 0.29) is 22.9 Å². The monoisotopic (exact) mass is 416 g/mol. The summed E-state index contributed by atoms with van der Waals surface area (Å²) >= 11 is 0. The number of ether oxygens (including phenoxy) is 2. The number of carbonyl (C=O) groups excluding carboxylic acids is 1. The molecule has 0 aliphatic carbocycles. The summed E-state index contributed by atoms with van der Waals surface area (Å²) in [5, 5.41) is 0. The molecule has 0 N–H and O–H groups in total. The maximum atomic E-state index is 13.0. The lowest BCUT2D eigenvalue weighted by molar-refractivity contribution is 0.0755. The average molecular weight is 416 g/mol. The zero-order valence-electron chi connectivity index (χ0n) is 16.4. The van der Waals surface area contributed by atoms with Gasteiger partial charge in [-0.05, 0) is 42.8 Å². The molecule has 2 aromatic rings. The van der Waals surface area contributed by atoms with Crippen molar-refractivity contribution in [2.45, 2.75) is 29.9 Å². The van der Waals surface area contributed by atoms with Gasteiger partial charge in [0.2, 0.25) is 10.0 Å².